The molecule has 1 aromatic heterocycles. The van der Waals surface area contributed by atoms with E-state index in [1.165, 1.54) is 16.8 Å². The van der Waals surface area contributed by atoms with E-state index < -0.39 is 11.1 Å². The minimum atomic E-state index is -0.542. The fourth-order valence-electron chi connectivity index (χ4n) is 2.44. The highest BCUT2D eigenvalue weighted by Gasteiger charge is 2.20. The van der Waals surface area contributed by atoms with Crippen molar-refractivity contribution in [2.24, 2.45) is 0 Å². The lowest BCUT2D eigenvalue weighted by Gasteiger charge is -2.12. The van der Waals surface area contributed by atoms with E-state index in [9.17, 15) is 9.18 Å². The van der Waals surface area contributed by atoms with E-state index in [2.05, 4.69) is 15.5 Å². The number of halogens is 1. The number of benzene rings is 2. The summed E-state index contributed by atoms with van der Waals surface area (Å²) in [5, 5.41) is 10.6. The molecule has 0 fully saturated rings. The lowest BCUT2D eigenvalue weighted by molar-refractivity contribution is -0.115. The highest BCUT2D eigenvalue weighted by atomic mass is 32.2. The number of hydrogen-bond donors (Lipinski definition) is 2. The zero-order valence-electron chi connectivity index (χ0n) is 15.4. The number of amides is 1. The molecular formula is C19H20FN5O2S. The van der Waals surface area contributed by atoms with Crippen molar-refractivity contribution in [3.05, 3.63) is 65.7 Å². The van der Waals surface area contributed by atoms with E-state index in [-0.39, 0.29) is 11.6 Å². The molecule has 28 heavy (non-hydrogen) atoms. The maximum absolute atomic E-state index is 13.7. The van der Waals surface area contributed by atoms with Gasteiger partial charge in [-0.15, -0.1) is 10.2 Å². The minimum Gasteiger partial charge on any atom is -0.497 e. The van der Waals surface area contributed by atoms with Crippen molar-refractivity contribution in [2.75, 3.05) is 18.3 Å². The van der Waals surface area contributed by atoms with E-state index in [1.54, 1.807) is 26.2 Å². The number of nitrogen functional groups attached to an aromatic ring is 1. The standard InChI is InChI=1S/C19H20FN5O2S/c1-12(18(26)22-16-6-4-3-5-15(16)20)28-19-24-23-17(25(19)21)11-13-7-9-14(27-2)10-8-13/h3-10,12H,11,21H2,1-2H3,(H,22,26)/t12-/m1/s1. The second-order valence-corrected chi connectivity index (χ2v) is 7.33. The largest absolute Gasteiger partial charge is 0.497 e. The molecule has 146 valence electrons. The number of hydrogen-bond acceptors (Lipinski definition) is 6. The molecule has 0 aliphatic rings. The van der Waals surface area contributed by atoms with Gasteiger partial charge in [-0.25, -0.2) is 9.07 Å². The van der Waals surface area contributed by atoms with Gasteiger partial charge in [-0.05, 0) is 36.8 Å². The highest BCUT2D eigenvalue weighted by molar-refractivity contribution is 8.00. The van der Waals surface area contributed by atoms with Crippen LogP contribution in [0.1, 0.15) is 18.3 Å². The molecule has 0 radical (unpaired) electrons. The zero-order chi connectivity index (χ0) is 20.1. The van der Waals surface area contributed by atoms with Crippen LogP contribution >= 0.6 is 11.8 Å². The number of carbonyl (C=O) groups excluding carboxylic acids is 1. The molecule has 0 spiro atoms. The number of carbonyl (C=O) groups is 1. The van der Waals surface area contributed by atoms with Crippen LogP contribution in [0.25, 0.3) is 0 Å². The number of ether oxygens (including phenoxy) is 1. The third-order valence-electron chi connectivity index (χ3n) is 4.04. The molecule has 9 heteroatoms. The number of thioether (sulfide) groups is 1. The van der Waals surface area contributed by atoms with E-state index in [1.807, 2.05) is 24.3 Å². The van der Waals surface area contributed by atoms with Gasteiger partial charge in [0, 0.05) is 6.42 Å². The maximum atomic E-state index is 13.7. The van der Waals surface area contributed by atoms with Crippen molar-refractivity contribution in [1.29, 1.82) is 0 Å². The monoisotopic (exact) mass is 401 g/mol. The Labute approximate surface area is 166 Å². The first-order chi connectivity index (χ1) is 13.5. The zero-order valence-corrected chi connectivity index (χ0v) is 16.2. The number of aromatic nitrogens is 3. The summed E-state index contributed by atoms with van der Waals surface area (Å²) in [4.78, 5) is 12.3. The van der Waals surface area contributed by atoms with E-state index in [4.69, 9.17) is 10.6 Å². The third kappa shape index (κ3) is 4.61. The maximum Gasteiger partial charge on any atom is 0.237 e. The van der Waals surface area contributed by atoms with E-state index >= 15 is 0 Å². The molecule has 1 amide bonds. The molecular weight excluding hydrogens is 381 g/mol. The fraction of sp³-hybridized carbons (Fsp3) is 0.211. The first-order valence-electron chi connectivity index (χ1n) is 8.52. The van der Waals surface area contributed by atoms with Gasteiger partial charge in [0.05, 0.1) is 18.0 Å². The molecule has 3 N–H and O–H groups in total. The summed E-state index contributed by atoms with van der Waals surface area (Å²) < 4.78 is 20.2. The Morgan fingerprint density at radius 3 is 2.64 bits per heavy atom. The lowest BCUT2D eigenvalue weighted by atomic mass is 10.1. The molecule has 3 aromatic rings. The van der Waals surface area contributed by atoms with Crippen LogP contribution in [0.3, 0.4) is 0 Å². The van der Waals surface area contributed by atoms with Gasteiger partial charge in [-0.3, -0.25) is 4.79 Å². The van der Waals surface area contributed by atoms with Crippen molar-refractivity contribution in [2.45, 2.75) is 23.8 Å². The van der Waals surface area contributed by atoms with Gasteiger partial charge >= 0.3 is 0 Å². The lowest BCUT2D eigenvalue weighted by Crippen LogP contribution is -2.24. The topological polar surface area (TPSA) is 95.1 Å². The molecule has 0 aliphatic carbocycles. The predicted molar refractivity (Wildman–Crippen MR) is 106 cm³/mol. The Morgan fingerprint density at radius 1 is 1.25 bits per heavy atom. The number of anilines is 1. The third-order valence-corrected chi connectivity index (χ3v) is 5.10. The Bertz CT molecular complexity index is 961. The Balaban J connectivity index is 1.64. The van der Waals surface area contributed by atoms with Crippen molar-refractivity contribution in [3.8, 4) is 5.75 Å². The van der Waals surface area contributed by atoms with Crippen molar-refractivity contribution in [3.63, 3.8) is 0 Å². The van der Waals surface area contributed by atoms with Gasteiger partial charge in [0.1, 0.15) is 11.6 Å². The van der Waals surface area contributed by atoms with Crippen LogP contribution in [0.4, 0.5) is 10.1 Å². The number of nitrogens with zero attached hydrogens (tertiary/aromatic N) is 3. The molecule has 0 aliphatic heterocycles. The SMILES string of the molecule is COc1ccc(Cc2nnc(S[C@H](C)C(=O)Nc3ccccc3F)n2N)cc1. The van der Waals surface area contributed by atoms with Crippen molar-refractivity contribution in [1.82, 2.24) is 14.9 Å². The van der Waals surface area contributed by atoms with E-state index in [0.29, 0.717) is 17.4 Å². The quantitative estimate of drug-likeness (QED) is 0.467. The first-order valence-corrected chi connectivity index (χ1v) is 9.40. The van der Waals surface area contributed by atoms with Gasteiger partial charge < -0.3 is 15.9 Å². The van der Waals surface area contributed by atoms with Gasteiger partial charge in [0.25, 0.3) is 0 Å². The first kappa shape index (κ1) is 19.7. The predicted octanol–water partition coefficient (Wildman–Crippen LogP) is 2.85. The molecule has 2 aromatic carbocycles. The molecule has 3 rings (SSSR count). The molecule has 1 atom stereocenters. The normalized spacial score (nSPS) is 11.8. The minimum absolute atomic E-state index is 0.134. The summed E-state index contributed by atoms with van der Waals surface area (Å²) in [6, 6.07) is 13.6. The summed E-state index contributed by atoms with van der Waals surface area (Å²) in [7, 11) is 1.61. The van der Waals surface area contributed by atoms with Crippen LogP contribution in [-0.4, -0.2) is 33.1 Å². The number of rotatable bonds is 7. The van der Waals surface area contributed by atoms with Crippen molar-refractivity contribution >= 4 is 23.4 Å². The average molecular weight is 401 g/mol. The van der Waals surface area contributed by atoms with Crippen LogP contribution in [0.2, 0.25) is 0 Å². The van der Waals surface area contributed by atoms with Gasteiger partial charge in [0.2, 0.25) is 11.1 Å². The number of nitrogens with one attached hydrogen (secondary N) is 1. The molecule has 1 heterocycles. The van der Waals surface area contributed by atoms with Crippen LogP contribution < -0.4 is 15.9 Å². The van der Waals surface area contributed by atoms with Crippen LogP contribution in [0, 0.1) is 5.82 Å². The Hall–Kier alpha value is -3.07. The molecule has 0 bridgehead atoms. The molecule has 0 saturated heterocycles. The fourth-order valence-corrected chi connectivity index (χ4v) is 3.23. The molecule has 7 nitrogen and oxygen atoms in total. The van der Waals surface area contributed by atoms with Gasteiger partial charge in [-0.2, -0.15) is 0 Å². The van der Waals surface area contributed by atoms with Crippen LogP contribution in [-0.2, 0) is 11.2 Å². The highest BCUT2D eigenvalue weighted by Crippen LogP contribution is 2.23. The summed E-state index contributed by atoms with van der Waals surface area (Å²) in [6.45, 7) is 1.69. The Kier molecular flexibility index (Phi) is 6.15. The Morgan fingerprint density at radius 2 is 1.96 bits per heavy atom. The number of para-hydroxylation sites is 1. The summed E-state index contributed by atoms with van der Waals surface area (Å²) in [5.41, 5.74) is 1.14. The number of methoxy groups -OCH3 is 1. The average Bonchev–Trinajstić information content (AvgIpc) is 3.03. The van der Waals surface area contributed by atoms with Gasteiger partial charge in [0.15, 0.2) is 5.82 Å². The second kappa shape index (κ2) is 8.75. The van der Waals surface area contributed by atoms with Gasteiger partial charge in [-0.1, -0.05) is 36.0 Å². The van der Waals surface area contributed by atoms with E-state index in [0.717, 1.165) is 23.1 Å². The molecule has 0 saturated carbocycles. The van der Waals surface area contributed by atoms with Crippen LogP contribution in [0.15, 0.2) is 53.7 Å². The van der Waals surface area contributed by atoms with Crippen molar-refractivity contribution < 1.29 is 13.9 Å². The summed E-state index contributed by atoms with van der Waals surface area (Å²) >= 11 is 1.15. The van der Waals surface area contributed by atoms with Crippen LogP contribution in [0.5, 0.6) is 5.75 Å². The summed E-state index contributed by atoms with van der Waals surface area (Å²) in [6.07, 6.45) is 0.490. The smallest absolute Gasteiger partial charge is 0.237 e. The summed E-state index contributed by atoms with van der Waals surface area (Å²) in [5.74, 6) is 6.58. The number of nitrogens with two attached hydrogens (primary N) is 1. The second-order valence-electron chi connectivity index (χ2n) is 6.02. The molecule has 0 unspecified atom stereocenters.